The summed E-state index contributed by atoms with van der Waals surface area (Å²) in [5.41, 5.74) is 0.514. The minimum atomic E-state index is 0.514. The Morgan fingerprint density at radius 3 is 2.12 bits per heavy atom. The summed E-state index contributed by atoms with van der Waals surface area (Å²) in [6.45, 7) is 10.2. The van der Waals surface area contributed by atoms with Crippen LogP contribution in [0.1, 0.15) is 46.5 Å². The lowest BCUT2D eigenvalue weighted by atomic mass is 9.70. The molecule has 94 valence electrons. The number of hydrogen-bond acceptors (Lipinski definition) is 2. The monoisotopic (exact) mass is 225 g/mol. The minimum Gasteiger partial charge on any atom is -0.378 e. The van der Waals surface area contributed by atoms with Crippen LogP contribution >= 0.6 is 0 Å². The highest BCUT2D eigenvalue weighted by Gasteiger charge is 2.30. The van der Waals surface area contributed by atoms with Crippen LogP contribution in [0.15, 0.2) is 0 Å². The summed E-state index contributed by atoms with van der Waals surface area (Å²) in [5.74, 6) is 1.86. The van der Waals surface area contributed by atoms with Crippen molar-refractivity contribution in [3.05, 3.63) is 0 Å². The molecule has 2 aliphatic rings. The van der Waals surface area contributed by atoms with E-state index in [0.717, 1.165) is 25.0 Å². The third-order valence-electron chi connectivity index (χ3n) is 4.40. The van der Waals surface area contributed by atoms with Crippen molar-refractivity contribution in [2.45, 2.75) is 52.5 Å². The first-order chi connectivity index (χ1) is 7.55. The third kappa shape index (κ3) is 3.21. The standard InChI is InChI=1S/C14H27NO/c1-14(2,3)12-6-4-11(5-7-12)8-15-13-9-16-10-13/h11-13,15H,4-10H2,1-3H3. The second-order valence-electron chi connectivity index (χ2n) is 6.73. The molecule has 0 aromatic heterocycles. The zero-order chi connectivity index (χ0) is 11.6. The van der Waals surface area contributed by atoms with Gasteiger partial charge in [0.05, 0.1) is 19.3 Å². The van der Waals surface area contributed by atoms with Gasteiger partial charge in [0.15, 0.2) is 0 Å². The lowest BCUT2D eigenvalue weighted by Gasteiger charge is -2.38. The zero-order valence-electron chi connectivity index (χ0n) is 11.1. The number of ether oxygens (including phenoxy) is 1. The molecule has 0 amide bonds. The molecule has 1 saturated heterocycles. The summed E-state index contributed by atoms with van der Waals surface area (Å²) in [4.78, 5) is 0. The fraction of sp³-hybridized carbons (Fsp3) is 1.00. The Bertz CT molecular complexity index is 209. The molecule has 0 aromatic rings. The maximum absolute atomic E-state index is 5.17. The van der Waals surface area contributed by atoms with Gasteiger partial charge < -0.3 is 10.1 Å². The first-order valence-corrected chi connectivity index (χ1v) is 6.87. The molecule has 0 unspecified atom stereocenters. The summed E-state index contributed by atoms with van der Waals surface area (Å²) in [7, 11) is 0. The maximum Gasteiger partial charge on any atom is 0.0643 e. The molecule has 0 atom stereocenters. The summed E-state index contributed by atoms with van der Waals surface area (Å²) in [6, 6.07) is 0.653. The van der Waals surface area contributed by atoms with Crippen molar-refractivity contribution in [1.29, 1.82) is 0 Å². The molecule has 0 aromatic carbocycles. The first-order valence-electron chi connectivity index (χ1n) is 6.87. The van der Waals surface area contributed by atoms with Crippen molar-refractivity contribution in [2.75, 3.05) is 19.8 Å². The van der Waals surface area contributed by atoms with Crippen LogP contribution in [0.5, 0.6) is 0 Å². The fourth-order valence-electron chi connectivity index (χ4n) is 2.92. The molecule has 1 aliphatic carbocycles. The predicted molar refractivity (Wildman–Crippen MR) is 67.5 cm³/mol. The highest BCUT2D eigenvalue weighted by Crippen LogP contribution is 2.39. The lowest BCUT2D eigenvalue weighted by molar-refractivity contribution is -0.00772. The van der Waals surface area contributed by atoms with Gasteiger partial charge in [-0.1, -0.05) is 20.8 Å². The normalized spacial score (nSPS) is 32.4. The van der Waals surface area contributed by atoms with E-state index in [1.54, 1.807) is 0 Å². The fourth-order valence-corrected chi connectivity index (χ4v) is 2.92. The average Bonchev–Trinajstić information content (AvgIpc) is 2.15. The van der Waals surface area contributed by atoms with Crippen LogP contribution in [-0.4, -0.2) is 25.8 Å². The van der Waals surface area contributed by atoms with Gasteiger partial charge >= 0.3 is 0 Å². The Hall–Kier alpha value is -0.0800. The van der Waals surface area contributed by atoms with Crippen LogP contribution in [-0.2, 0) is 4.74 Å². The van der Waals surface area contributed by atoms with Crippen LogP contribution in [0.4, 0.5) is 0 Å². The van der Waals surface area contributed by atoms with Crippen LogP contribution in [0, 0.1) is 17.3 Å². The summed E-state index contributed by atoms with van der Waals surface area (Å²) >= 11 is 0. The van der Waals surface area contributed by atoms with Gasteiger partial charge in [0.1, 0.15) is 0 Å². The quantitative estimate of drug-likeness (QED) is 0.797. The Kier molecular flexibility index (Phi) is 3.91. The Morgan fingerprint density at radius 2 is 1.69 bits per heavy atom. The van der Waals surface area contributed by atoms with E-state index < -0.39 is 0 Å². The van der Waals surface area contributed by atoms with Crippen molar-refractivity contribution in [3.8, 4) is 0 Å². The molecule has 1 N–H and O–H groups in total. The van der Waals surface area contributed by atoms with Crippen LogP contribution < -0.4 is 5.32 Å². The molecule has 0 spiro atoms. The van der Waals surface area contributed by atoms with E-state index in [9.17, 15) is 0 Å². The lowest BCUT2D eigenvalue weighted by Crippen LogP contribution is -2.47. The van der Waals surface area contributed by atoms with E-state index in [4.69, 9.17) is 4.74 Å². The number of rotatable bonds is 3. The minimum absolute atomic E-state index is 0.514. The largest absolute Gasteiger partial charge is 0.378 e. The van der Waals surface area contributed by atoms with E-state index >= 15 is 0 Å². The van der Waals surface area contributed by atoms with Crippen molar-refractivity contribution in [3.63, 3.8) is 0 Å². The van der Waals surface area contributed by atoms with Crippen molar-refractivity contribution < 1.29 is 4.74 Å². The Morgan fingerprint density at radius 1 is 1.06 bits per heavy atom. The van der Waals surface area contributed by atoms with E-state index in [1.807, 2.05) is 0 Å². The zero-order valence-corrected chi connectivity index (χ0v) is 11.1. The SMILES string of the molecule is CC(C)(C)C1CCC(CNC2COC2)CC1. The van der Waals surface area contributed by atoms with Gasteiger partial charge in [0.2, 0.25) is 0 Å². The second-order valence-corrected chi connectivity index (χ2v) is 6.73. The highest BCUT2D eigenvalue weighted by molar-refractivity contribution is 4.82. The molecule has 2 nitrogen and oxygen atoms in total. The van der Waals surface area contributed by atoms with Crippen LogP contribution in [0.3, 0.4) is 0 Å². The molecule has 1 heterocycles. The molecule has 16 heavy (non-hydrogen) atoms. The van der Waals surface area contributed by atoms with Gasteiger partial charge in [0.25, 0.3) is 0 Å². The van der Waals surface area contributed by atoms with Crippen LogP contribution in [0.25, 0.3) is 0 Å². The van der Waals surface area contributed by atoms with E-state index in [1.165, 1.54) is 32.2 Å². The molecule has 1 saturated carbocycles. The Balaban J connectivity index is 1.64. The maximum atomic E-state index is 5.17. The average molecular weight is 225 g/mol. The third-order valence-corrected chi connectivity index (χ3v) is 4.40. The van der Waals surface area contributed by atoms with E-state index in [-0.39, 0.29) is 0 Å². The molecule has 2 fully saturated rings. The number of hydrogen-bond donors (Lipinski definition) is 1. The van der Waals surface area contributed by atoms with E-state index in [2.05, 4.69) is 26.1 Å². The molecule has 2 heteroatoms. The molecule has 2 rings (SSSR count). The Labute approximate surface area is 100 Å². The van der Waals surface area contributed by atoms with Crippen molar-refractivity contribution >= 4 is 0 Å². The van der Waals surface area contributed by atoms with Gasteiger partial charge in [-0.15, -0.1) is 0 Å². The van der Waals surface area contributed by atoms with Crippen molar-refractivity contribution in [1.82, 2.24) is 5.32 Å². The second kappa shape index (κ2) is 5.05. The van der Waals surface area contributed by atoms with Gasteiger partial charge in [-0.2, -0.15) is 0 Å². The highest BCUT2D eigenvalue weighted by atomic mass is 16.5. The van der Waals surface area contributed by atoms with E-state index in [0.29, 0.717) is 11.5 Å². The molecule has 0 radical (unpaired) electrons. The summed E-state index contributed by atoms with van der Waals surface area (Å²) in [5, 5.41) is 3.62. The van der Waals surface area contributed by atoms with Gasteiger partial charge in [-0.3, -0.25) is 0 Å². The summed E-state index contributed by atoms with van der Waals surface area (Å²) in [6.07, 6.45) is 5.69. The molecular weight excluding hydrogens is 198 g/mol. The molecule has 0 bridgehead atoms. The predicted octanol–water partition coefficient (Wildman–Crippen LogP) is 2.83. The van der Waals surface area contributed by atoms with Crippen LogP contribution in [0.2, 0.25) is 0 Å². The number of nitrogens with one attached hydrogen (secondary N) is 1. The summed E-state index contributed by atoms with van der Waals surface area (Å²) < 4.78 is 5.17. The topological polar surface area (TPSA) is 21.3 Å². The smallest absolute Gasteiger partial charge is 0.0643 e. The molecule has 1 aliphatic heterocycles. The van der Waals surface area contributed by atoms with Gasteiger partial charge in [0, 0.05) is 0 Å². The van der Waals surface area contributed by atoms with Crippen molar-refractivity contribution in [2.24, 2.45) is 17.3 Å². The van der Waals surface area contributed by atoms with Gasteiger partial charge in [-0.05, 0) is 49.5 Å². The first kappa shape index (κ1) is 12.4. The van der Waals surface area contributed by atoms with Gasteiger partial charge in [-0.25, -0.2) is 0 Å². The molecular formula is C14H27NO.